The minimum atomic E-state index is -0.348. The number of hydrogen-bond acceptors (Lipinski definition) is 5. The molecule has 7 heteroatoms. The lowest BCUT2D eigenvalue weighted by atomic mass is 9.90. The molecular formula is C17H17N5O2. The molecule has 24 heavy (non-hydrogen) atoms. The van der Waals surface area contributed by atoms with Crippen molar-refractivity contribution in [3.63, 3.8) is 0 Å². The van der Waals surface area contributed by atoms with Gasteiger partial charge in [-0.25, -0.2) is 9.36 Å². The van der Waals surface area contributed by atoms with Crippen molar-refractivity contribution in [2.24, 2.45) is 7.05 Å². The van der Waals surface area contributed by atoms with Crippen LogP contribution in [0.4, 0.5) is 0 Å². The van der Waals surface area contributed by atoms with E-state index >= 15 is 0 Å². The van der Waals surface area contributed by atoms with Gasteiger partial charge in [-0.1, -0.05) is 17.3 Å². The van der Waals surface area contributed by atoms with E-state index in [2.05, 4.69) is 15.4 Å². The summed E-state index contributed by atoms with van der Waals surface area (Å²) in [4.78, 5) is 24.9. The summed E-state index contributed by atoms with van der Waals surface area (Å²) in [6.07, 6.45) is 5.90. The van der Waals surface area contributed by atoms with Crippen molar-refractivity contribution in [2.45, 2.75) is 32.2 Å². The molecule has 1 aliphatic carbocycles. The van der Waals surface area contributed by atoms with E-state index in [0.29, 0.717) is 16.6 Å². The molecular weight excluding hydrogens is 306 g/mol. The molecule has 0 saturated heterocycles. The van der Waals surface area contributed by atoms with E-state index in [9.17, 15) is 9.59 Å². The van der Waals surface area contributed by atoms with Gasteiger partial charge in [-0.2, -0.15) is 5.10 Å². The van der Waals surface area contributed by atoms with Gasteiger partial charge in [0.05, 0.1) is 6.20 Å². The Hall–Kier alpha value is -2.83. The first kappa shape index (κ1) is 14.7. The summed E-state index contributed by atoms with van der Waals surface area (Å²) >= 11 is 0. The van der Waals surface area contributed by atoms with Gasteiger partial charge in [0.2, 0.25) is 0 Å². The van der Waals surface area contributed by atoms with Crippen molar-refractivity contribution in [3.8, 4) is 0 Å². The Bertz CT molecular complexity index is 1000. The fourth-order valence-corrected chi connectivity index (χ4v) is 3.21. The number of hydrogen-bond donors (Lipinski definition) is 0. The van der Waals surface area contributed by atoms with Crippen LogP contribution in [0.2, 0.25) is 0 Å². The first-order chi connectivity index (χ1) is 11.6. The van der Waals surface area contributed by atoms with Crippen molar-refractivity contribution < 1.29 is 4.79 Å². The standard InChI is InChI=1S/C17H17N5O2/c1-21-16-14(9-18-21)17(24)22(20-19-16)10-15(23)13-7-6-11-4-2-3-5-12(11)8-13/h6-9H,2-5,10H2,1H3. The largest absolute Gasteiger partial charge is 0.292 e. The average molecular weight is 323 g/mol. The molecule has 0 aliphatic heterocycles. The molecule has 3 aromatic rings. The van der Waals surface area contributed by atoms with Gasteiger partial charge >= 0.3 is 0 Å². The third kappa shape index (κ3) is 2.42. The predicted molar refractivity (Wildman–Crippen MR) is 88.0 cm³/mol. The molecule has 0 atom stereocenters. The van der Waals surface area contributed by atoms with Gasteiger partial charge in [0.1, 0.15) is 11.9 Å². The molecule has 0 amide bonds. The molecule has 0 saturated carbocycles. The number of fused-ring (bicyclic) bond motifs is 2. The number of carbonyl (C=O) groups excluding carboxylic acids is 1. The lowest BCUT2D eigenvalue weighted by Crippen LogP contribution is -2.28. The van der Waals surface area contributed by atoms with E-state index in [-0.39, 0.29) is 17.9 Å². The van der Waals surface area contributed by atoms with Gasteiger partial charge < -0.3 is 0 Å². The molecule has 2 aromatic heterocycles. The zero-order chi connectivity index (χ0) is 16.7. The number of aryl methyl sites for hydroxylation is 3. The molecule has 0 spiro atoms. The summed E-state index contributed by atoms with van der Waals surface area (Å²) in [5.41, 5.74) is 3.26. The third-order valence-electron chi connectivity index (χ3n) is 4.58. The van der Waals surface area contributed by atoms with E-state index < -0.39 is 0 Å². The number of nitrogens with zero attached hydrogens (tertiary/aromatic N) is 5. The predicted octanol–water partition coefficient (Wildman–Crippen LogP) is 1.29. The van der Waals surface area contributed by atoms with Gasteiger partial charge in [-0.05, 0) is 42.9 Å². The highest BCUT2D eigenvalue weighted by atomic mass is 16.1. The zero-order valence-corrected chi connectivity index (χ0v) is 13.4. The Labute approximate surface area is 137 Å². The van der Waals surface area contributed by atoms with Crippen LogP contribution in [-0.2, 0) is 26.4 Å². The van der Waals surface area contributed by atoms with Gasteiger partial charge in [0, 0.05) is 12.6 Å². The molecule has 122 valence electrons. The van der Waals surface area contributed by atoms with Crippen LogP contribution in [0.25, 0.3) is 11.0 Å². The fourth-order valence-electron chi connectivity index (χ4n) is 3.21. The van der Waals surface area contributed by atoms with Crippen molar-refractivity contribution in [2.75, 3.05) is 0 Å². The third-order valence-corrected chi connectivity index (χ3v) is 4.58. The lowest BCUT2D eigenvalue weighted by Gasteiger charge is -2.16. The number of ketones is 1. The number of benzene rings is 1. The zero-order valence-electron chi connectivity index (χ0n) is 13.4. The molecule has 0 unspecified atom stereocenters. The fraction of sp³-hybridized carbons (Fsp3) is 0.353. The first-order valence-electron chi connectivity index (χ1n) is 8.04. The van der Waals surface area contributed by atoms with E-state index in [0.717, 1.165) is 23.9 Å². The van der Waals surface area contributed by atoms with Crippen molar-refractivity contribution >= 4 is 16.8 Å². The molecule has 0 N–H and O–H groups in total. The van der Waals surface area contributed by atoms with Gasteiger partial charge in [0.15, 0.2) is 11.4 Å². The van der Waals surface area contributed by atoms with Gasteiger partial charge in [-0.15, -0.1) is 5.10 Å². The summed E-state index contributed by atoms with van der Waals surface area (Å²) in [5.74, 6) is -0.136. The van der Waals surface area contributed by atoms with Crippen LogP contribution in [-0.4, -0.2) is 30.6 Å². The van der Waals surface area contributed by atoms with Gasteiger partial charge in [0.25, 0.3) is 5.56 Å². The first-order valence-corrected chi connectivity index (χ1v) is 8.04. The number of carbonyl (C=O) groups is 1. The summed E-state index contributed by atoms with van der Waals surface area (Å²) in [6, 6.07) is 5.83. The number of Topliss-reactive ketones (excluding diaryl/α,β-unsaturated/α-hetero) is 1. The van der Waals surface area contributed by atoms with Crippen LogP contribution in [0, 0.1) is 0 Å². The minimum absolute atomic E-state index is 0.116. The quantitative estimate of drug-likeness (QED) is 0.678. The summed E-state index contributed by atoms with van der Waals surface area (Å²) in [5, 5.41) is 12.2. The molecule has 1 aliphatic rings. The maximum Gasteiger partial charge on any atom is 0.281 e. The van der Waals surface area contributed by atoms with Gasteiger partial charge in [-0.3, -0.25) is 9.59 Å². The second-order valence-corrected chi connectivity index (χ2v) is 6.17. The van der Waals surface area contributed by atoms with Crippen LogP contribution in [0.5, 0.6) is 0 Å². The Morgan fingerprint density at radius 3 is 2.83 bits per heavy atom. The number of rotatable bonds is 3. The summed E-state index contributed by atoms with van der Waals surface area (Å²) in [6.45, 7) is -0.116. The molecule has 0 radical (unpaired) electrons. The van der Waals surface area contributed by atoms with Crippen LogP contribution >= 0.6 is 0 Å². The van der Waals surface area contributed by atoms with Crippen LogP contribution < -0.4 is 5.56 Å². The Morgan fingerprint density at radius 2 is 2.00 bits per heavy atom. The van der Waals surface area contributed by atoms with Crippen molar-refractivity contribution in [1.82, 2.24) is 24.8 Å². The molecule has 0 bridgehead atoms. The van der Waals surface area contributed by atoms with Crippen molar-refractivity contribution in [1.29, 1.82) is 0 Å². The highest BCUT2D eigenvalue weighted by molar-refractivity contribution is 5.96. The second-order valence-electron chi connectivity index (χ2n) is 6.17. The maximum atomic E-state index is 12.5. The summed E-state index contributed by atoms with van der Waals surface area (Å²) < 4.78 is 2.59. The molecule has 2 heterocycles. The molecule has 0 fully saturated rings. The second kappa shape index (κ2) is 5.67. The number of aromatic nitrogens is 5. The monoisotopic (exact) mass is 323 g/mol. The Balaban J connectivity index is 1.64. The van der Waals surface area contributed by atoms with E-state index in [4.69, 9.17) is 0 Å². The van der Waals surface area contributed by atoms with Crippen molar-refractivity contribution in [3.05, 3.63) is 51.4 Å². The highest BCUT2D eigenvalue weighted by Gasteiger charge is 2.16. The Morgan fingerprint density at radius 1 is 1.21 bits per heavy atom. The smallest absolute Gasteiger partial charge is 0.281 e. The van der Waals surface area contributed by atoms with Crippen LogP contribution in [0.1, 0.15) is 34.3 Å². The minimum Gasteiger partial charge on any atom is -0.292 e. The topological polar surface area (TPSA) is 82.7 Å². The highest BCUT2D eigenvalue weighted by Crippen LogP contribution is 2.22. The van der Waals surface area contributed by atoms with Crippen LogP contribution in [0.3, 0.4) is 0 Å². The molecule has 1 aromatic carbocycles. The van der Waals surface area contributed by atoms with E-state index in [1.807, 2.05) is 18.2 Å². The SMILES string of the molecule is Cn1ncc2c(=O)n(CC(=O)c3ccc4c(c3)CCCC4)nnc21. The Kier molecular flexibility index (Phi) is 3.48. The lowest BCUT2D eigenvalue weighted by molar-refractivity contribution is 0.0964. The van der Waals surface area contributed by atoms with E-state index in [1.54, 1.807) is 7.05 Å². The summed E-state index contributed by atoms with van der Waals surface area (Å²) in [7, 11) is 1.69. The van der Waals surface area contributed by atoms with E-state index in [1.165, 1.54) is 28.4 Å². The maximum absolute atomic E-state index is 12.5. The molecule has 4 rings (SSSR count). The normalized spacial score (nSPS) is 13.9. The average Bonchev–Trinajstić information content (AvgIpc) is 2.98. The molecule has 7 nitrogen and oxygen atoms in total. The van der Waals surface area contributed by atoms with Crippen LogP contribution in [0.15, 0.2) is 29.2 Å².